The van der Waals surface area contributed by atoms with E-state index in [0.717, 1.165) is 11.3 Å². The van der Waals surface area contributed by atoms with Gasteiger partial charge in [-0.2, -0.15) is 0 Å². The number of nitrogens with zero attached hydrogens (tertiary/aromatic N) is 1. The maximum absolute atomic E-state index is 5.75. The molecule has 0 radical (unpaired) electrons. The Kier molecular flexibility index (Phi) is 3.54. The predicted molar refractivity (Wildman–Crippen MR) is 78.7 cm³/mol. The van der Waals surface area contributed by atoms with E-state index in [0.29, 0.717) is 13.2 Å². The molecule has 2 aromatic rings. The molecule has 3 rings (SSSR count). The Labute approximate surface area is 117 Å². The monoisotopic (exact) mass is 268 g/mol. The molecular formula is C16H16N2O2. The first-order valence-electron chi connectivity index (χ1n) is 6.56. The van der Waals surface area contributed by atoms with Crippen molar-refractivity contribution in [2.45, 2.75) is 6.10 Å². The van der Waals surface area contributed by atoms with Crippen molar-refractivity contribution in [3.05, 3.63) is 54.6 Å². The summed E-state index contributed by atoms with van der Waals surface area (Å²) in [6.45, 7) is 1.01. The van der Waals surface area contributed by atoms with Crippen molar-refractivity contribution < 1.29 is 9.47 Å². The van der Waals surface area contributed by atoms with Gasteiger partial charge in [0.05, 0.1) is 6.54 Å². The Morgan fingerprint density at radius 2 is 1.90 bits per heavy atom. The highest BCUT2D eigenvalue weighted by molar-refractivity contribution is 5.73. The largest absolute Gasteiger partial charge is 0.490 e. The highest BCUT2D eigenvalue weighted by Crippen LogP contribution is 2.23. The minimum Gasteiger partial charge on any atom is -0.490 e. The summed E-state index contributed by atoms with van der Waals surface area (Å²) in [5.41, 5.74) is 7.77. The summed E-state index contributed by atoms with van der Waals surface area (Å²) in [6, 6.07) is 18.5. The summed E-state index contributed by atoms with van der Waals surface area (Å²) in [7, 11) is 0. The zero-order valence-electron chi connectivity index (χ0n) is 11.0. The van der Waals surface area contributed by atoms with Crippen LogP contribution in [0, 0.1) is 0 Å². The first kappa shape index (κ1) is 12.5. The van der Waals surface area contributed by atoms with Crippen molar-refractivity contribution in [3.63, 3.8) is 0 Å². The maximum atomic E-state index is 5.75. The molecule has 4 heteroatoms. The third-order valence-corrected chi connectivity index (χ3v) is 3.12. The van der Waals surface area contributed by atoms with Crippen LogP contribution in [0.15, 0.2) is 59.6 Å². The third-order valence-electron chi connectivity index (χ3n) is 3.12. The summed E-state index contributed by atoms with van der Waals surface area (Å²) >= 11 is 0. The maximum Gasteiger partial charge on any atom is 0.282 e. The molecule has 1 unspecified atom stereocenters. The van der Waals surface area contributed by atoms with Crippen LogP contribution in [0.5, 0.6) is 5.75 Å². The molecule has 0 spiro atoms. The molecule has 2 N–H and O–H groups in total. The third kappa shape index (κ3) is 2.91. The van der Waals surface area contributed by atoms with Crippen LogP contribution in [0.4, 0.5) is 0 Å². The lowest BCUT2D eigenvalue weighted by Crippen LogP contribution is -2.24. The van der Waals surface area contributed by atoms with Gasteiger partial charge >= 0.3 is 0 Å². The molecule has 1 heterocycles. The summed E-state index contributed by atoms with van der Waals surface area (Å²) < 4.78 is 11.0. The Balaban J connectivity index is 1.66. The van der Waals surface area contributed by atoms with Gasteiger partial charge in [0, 0.05) is 0 Å². The molecule has 1 aliphatic rings. The Morgan fingerprint density at radius 3 is 2.65 bits per heavy atom. The van der Waals surface area contributed by atoms with E-state index in [-0.39, 0.29) is 12.1 Å². The lowest BCUT2D eigenvalue weighted by atomic mass is 10.1. The van der Waals surface area contributed by atoms with Crippen LogP contribution < -0.4 is 10.5 Å². The standard InChI is InChI=1S/C16H16N2O2/c17-16-18-10-15(20-16)11-19-14-8-4-7-13(9-14)12-5-2-1-3-6-12/h1-9,15H,10-11H2,(H2,17,18). The number of amidine groups is 1. The van der Waals surface area contributed by atoms with Crippen molar-refractivity contribution in [2.24, 2.45) is 10.7 Å². The fourth-order valence-corrected chi connectivity index (χ4v) is 2.11. The normalized spacial score (nSPS) is 17.4. The topological polar surface area (TPSA) is 56.8 Å². The van der Waals surface area contributed by atoms with E-state index in [1.54, 1.807) is 0 Å². The fourth-order valence-electron chi connectivity index (χ4n) is 2.11. The van der Waals surface area contributed by atoms with Crippen LogP contribution in [0.3, 0.4) is 0 Å². The predicted octanol–water partition coefficient (Wildman–Crippen LogP) is 2.45. The van der Waals surface area contributed by atoms with Gasteiger partial charge in [-0.3, -0.25) is 0 Å². The molecule has 102 valence electrons. The van der Waals surface area contributed by atoms with E-state index in [1.165, 1.54) is 5.56 Å². The van der Waals surface area contributed by atoms with E-state index in [9.17, 15) is 0 Å². The number of hydrogen-bond donors (Lipinski definition) is 1. The molecule has 4 nitrogen and oxygen atoms in total. The van der Waals surface area contributed by atoms with E-state index in [2.05, 4.69) is 23.2 Å². The SMILES string of the molecule is NC1=NCC(COc2cccc(-c3ccccc3)c2)O1. The average molecular weight is 268 g/mol. The van der Waals surface area contributed by atoms with Crippen molar-refractivity contribution in [2.75, 3.05) is 13.2 Å². The van der Waals surface area contributed by atoms with Gasteiger partial charge in [-0.25, -0.2) is 4.99 Å². The minimum atomic E-state index is -0.0876. The molecule has 20 heavy (non-hydrogen) atoms. The van der Waals surface area contributed by atoms with Gasteiger partial charge in [0.1, 0.15) is 12.4 Å². The molecule has 2 aromatic carbocycles. The average Bonchev–Trinajstić information content (AvgIpc) is 2.92. The van der Waals surface area contributed by atoms with Crippen molar-refractivity contribution in [3.8, 4) is 16.9 Å². The van der Waals surface area contributed by atoms with E-state index < -0.39 is 0 Å². The number of ether oxygens (including phenoxy) is 2. The minimum absolute atomic E-state index is 0.0876. The van der Waals surface area contributed by atoms with E-state index in [1.807, 2.05) is 36.4 Å². The van der Waals surface area contributed by atoms with Crippen LogP contribution in [0.1, 0.15) is 0 Å². The van der Waals surface area contributed by atoms with Crippen molar-refractivity contribution >= 4 is 6.02 Å². The number of rotatable bonds is 4. The highest BCUT2D eigenvalue weighted by Gasteiger charge is 2.18. The Bertz CT molecular complexity index is 611. The van der Waals surface area contributed by atoms with Gasteiger partial charge in [-0.05, 0) is 23.3 Å². The van der Waals surface area contributed by atoms with Crippen molar-refractivity contribution in [1.82, 2.24) is 0 Å². The summed E-state index contributed by atoms with van der Waals surface area (Å²) in [5.74, 6) is 0.820. The van der Waals surface area contributed by atoms with Gasteiger partial charge in [0.15, 0.2) is 6.10 Å². The number of hydrogen-bond acceptors (Lipinski definition) is 4. The quantitative estimate of drug-likeness (QED) is 0.926. The van der Waals surface area contributed by atoms with Gasteiger partial charge in [-0.1, -0.05) is 42.5 Å². The zero-order chi connectivity index (χ0) is 13.8. The Hall–Kier alpha value is -2.49. The summed E-state index contributed by atoms with van der Waals surface area (Å²) in [6.07, 6.45) is -0.0876. The van der Waals surface area contributed by atoms with Crippen molar-refractivity contribution in [1.29, 1.82) is 0 Å². The van der Waals surface area contributed by atoms with Crippen LogP contribution in [-0.4, -0.2) is 25.3 Å². The molecule has 0 aromatic heterocycles. The lowest BCUT2D eigenvalue weighted by Gasteiger charge is -2.12. The molecule has 0 bridgehead atoms. The summed E-state index contributed by atoms with van der Waals surface area (Å²) in [5, 5.41) is 0. The van der Waals surface area contributed by atoms with Crippen LogP contribution >= 0.6 is 0 Å². The molecule has 1 atom stereocenters. The number of nitrogens with two attached hydrogens (primary N) is 1. The van der Waals surface area contributed by atoms with Gasteiger partial charge in [0.2, 0.25) is 0 Å². The molecule has 0 saturated carbocycles. The zero-order valence-corrected chi connectivity index (χ0v) is 11.0. The van der Waals surface area contributed by atoms with Gasteiger partial charge in [0.25, 0.3) is 6.02 Å². The summed E-state index contributed by atoms with van der Waals surface area (Å²) in [4.78, 5) is 3.99. The molecule has 0 fully saturated rings. The van der Waals surface area contributed by atoms with E-state index in [4.69, 9.17) is 15.2 Å². The number of benzene rings is 2. The first-order chi connectivity index (χ1) is 9.81. The molecule has 0 saturated heterocycles. The lowest BCUT2D eigenvalue weighted by molar-refractivity contribution is 0.141. The van der Waals surface area contributed by atoms with Crippen LogP contribution in [0.25, 0.3) is 11.1 Å². The molecule has 1 aliphatic heterocycles. The fraction of sp³-hybridized carbons (Fsp3) is 0.188. The van der Waals surface area contributed by atoms with Gasteiger partial charge in [-0.15, -0.1) is 0 Å². The molecule has 0 amide bonds. The smallest absolute Gasteiger partial charge is 0.282 e. The second kappa shape index (κ2) is 5.65. The van der Waals surface area contributed by atoms with Crippen LogP contribution in [0.2, 0.25) is 0 Å². The Morgan fingerprint density at radius 1 is 1.10 bits per heavy atom. The highest BCUT2D eigenvalue weighted by atomic mass is 16.5. The first-order valence-corrected chi connectivity index (χ1v) is 6.56. The van der Waals surface area contributed by atoms with Crippen LogP contribution in [-0.2, 0) is 4.74 Å². The second-order valence-electron chi connectivity index (χ2n) is 4.62. The number of aliphatic imine (C=N–C) groups is 1. The molecular weight excluding hydrogens is 252 g/mol. The molecule has 0 aliphatic carbocycles. The van der Waals surface area contributed by atoms with Gasteiger partial charge < -0.3 is 15.2 Å². The second-order valence-corrected chi connectivity index (χ2v) is 4.62. The van der Waals surface area contributed by atoms with E-state index >= 15 is 0 Å².